The van der Waals surface area contributed by atoms with Crippen LogP contribution < -0.4 is 0 Å². The number of hydrogen-bond donors (Lipinski definition) is 0. The van der Waals surface area contributed by atoms with Crippen LogP contribution in [0.25, 0.3) is 0 Å². The minimum Gasteiger partial charge on any atom is -0.273 e. The molecule has 1 aromatic carbocycles. The molecule has 1 heterocycles. The molecule has 3 heteroatoms. The maximum atomic E-state index is 11.9. The van der Waals surface area contributed by atoms with Gasteiger partial charge in [-0.1, -0.05) is 50.6 Å². The average Bonchev–Trinajstić information content (AvgIpc) is 2.46. The number of hydroxylamine groups is 2. The van der Waals surface area contributed by atoms with E-state index in [0.717, 1.165) is 24.9 Å². The first kappa shape index (κ1) is 14.1. The third-order valence-electron chi connectivity index (χ3n) is 4.09. The zero-order valence-corrected chi connectivity index (χ0v) is 11.8. The van der Waals surface area contributed by atoms with Crippen LogP contribution in [-0.4, -0.2) is 17.5 Å². The van der Waals surface area contributed by atoms with Gasteiger partial charge in [-0.15, -0.1) is 0 Å². The Labute approximate surface area is 115 Å². The second-order valence-corrected chi connectivity index (χ2v) is 5.40. The first-order valence-corrected chi connectivity index (χ1v) is 7.18. The molecule has 1 aliphatic heterocycles. The number of carbonyl (C=O) groups is 1. The summed E-state index contributed by atoms with van der Waals surface area (Å²) >= 11 is 0. The van der Waals surface area contributed by atoms with E-state index in [1.54, 1.807) is 5.06 Å². The SMILES string of the molecule is CCC(C)C1CCC(=O)N(OCc2ccccc2)C1. The molecule has 0 aromatic heterocycles. The highest BCUT2D eigenvalue weighted by molar-refractivity contribution is 5.75. The quantitative estimate of drug-likeness (QED) is 0.813. The van der Waals surface area contributed by atoms with Crippen LogP contribution in [0, 0.1) is 11.8 Å². The Morgan fingerprint density at radius 2 is 2.11 bits per heavy atom. The predicted molar refractivity (Wildman–Crippen MR) is 75.1 cm³/mol. The van der Waals surface area contributed by atoms with Gasteiger partial charge in [0.05, 0.1) is 6.54 Å². The minimum absolute atomic E-state index is 0.121. The molecule has 2 rings (SSSR count). The number of nitrogens with zero attached hydrogens (tertiary/aromatic N) is 1. The molecular weight excluding hydrogens is 238 g/mol. The largest absolute Gasteiger partial charge is 0.273 e. The molecule has 0 spiro atoms. The first-order chi connectivity index (χ1) is 9.20. The number of amides is 1. The van der Waals surface area contributed by atoms with Crippen molar-refractivity contribution in [2.24, 2.45) is 11.8 Å². The summed E-state index contributed by atoms with van der Waals surface area (Å²) in [7, 11) is 0. The molecule has 1 aromatic rings. The second kappa shape index (κ2) is 6.71. The van der Waals surface area contributed by atoms with Crippen LogP contribution in [-0.2, 0) is 16.2 Å². The molecule has 0 N–H and O–H groups in total. The number of hydrogen-bond acceptors (Lipinski definition) is 2. The summed E-state index contributed by atoms with van der Waals surface area (Å²) in [6.07, 6.45) is 2.77. The molecule has 1 fully saturated rings. The zero-order valence-electron chi connectivity index (χ0n) is 11.8. The van der Waals surface area contributed by atoms with Crippen molar-refractivity contribution >= 4 is 5.91 Å². The van der Waals surface area contributed by atoms with E-state index in [-0.39, 0.29) is 5.91 Å². The van der Waals surface area contributed by atoms with Gasteiger partial charge in [0.25, 0.3) is 0 Å². The highest BCUT2D eigenvalue weighted by Crippen LogP contribution is 2.26. The summed E-state index contributed by atoms with van der Waals surface area (Å²) in [5, 5.41) is 1.58. The standard InChI is InChI=1S/C16H23NO2/c1-3-13(2)15-9-10-16(18)17(11-15)19-12-14-7-5-4-6-8-14/h4-8,13,15H,3,9-12H2,1-2H3. The summed E-state index contributed by atoms with van der Waals surface area (Å²) in [5.41, 5.74) is 1.10. The van der Waals surface area contributed by atoms with Gasteiger partial charge in [-0.3, -0.25) is 9.63 Å². The smallest absolute Gasteiger partial charge is 0.246 e. The van der Waals surface area contributed by atoms with E-state index in [1.165, 1.54) is 0 Å². The number of carbonyl (C=O) groups excluding carboxylic acids is 1. The van der Waals surface area contributed by atoms with Gasteiger partial charge in [-0.25, -0.2) is 5.06 Å². The molecule has 1 saturated heterocycles. The molecule has 0 saturated carbocycles. The lowest BCUT2D eigenvalue weighted by Crippen LogP contribution is -2.41. The van der Waals surface area contributed by atoms with Crippen LogP contribution in [0.15, 0.2) is 30.3 Å². The Morgan fingerprint density at radius 1 is 1.37 bits per heavy atom. The van der Waals surface area contributed by atoms with Crippen molar-refractivity contribution in [3.8, 4) is 0 Å². The van der Waals surface area contributed by atoms with Gasteiger partial charge < -0.3 is 0 Å². The molecule has 2 unspecified atom stereocenters. The van der Waals surface area contributed by atoms with Crippen LogP contribution in [0.5, 0.6) is 0 Å². The van der Waals surface area contributed by atoms with Gasteiger partial charge in [0.15, 0.2) is 0 Å². The van der Waals surface area contributed by atoms with Crippen LogP contribution >= 0.6 is 0 Å². The minimum atomic E-state index is 0.121. The first-order valence-electron chi connectivity index (χ1n) is 7.18. The molecule has 1 amide bonds. The summed E-state index contributed by atoms with van der Waals surface area (Å²) < 4.78 is 0. The van der Waals surface area contributed by atoms with E-state index >= 15 is 0 Å². The van der Waals surface area contributed by atoms with E-state index < -0.39 is 0 Å². The van der Waals surface area contributed by atoms with Crippen LogP contribution in [0.2, 0.25) is 0 Å². The van der Waals surface area contributed by atoms with E-state index in [9.17, 15) is 4.79 Å². The van der Waals surface area contributed by atoms with Crippen molar-refractivity contribution in [1.82, 2.24) is 5.06 Å². The third kappa shape index (κ3) is 3.80. The van der Waals surface area contributed by atoms with Crippen LogP contribution in [0.1, 0.15) is 38.7 Å². The lowest BCUT2D eigenvalue weighted by Gasteiger charge is -2.34. The highest BCUT2D eigenvalue weighted by atomic mass is 16.7. The van der Waals surface area contributed by atoms with Gasteiger partial charge in [0, 0.05) is 6.42 Å². The van der Waals surface area contributed by atoms with E-state index in [4.69, 9.17) is 4.84 Å². The second-order valence-electron chi connectivity index (χ2n) is 5.40. The van der Waals surface area contributed by atoms with E-state index in [2.05, 4.69) is 13.8 Å². The summed E-state index contributed by atoms with van der Waals surface area (Å²) in [5.74, 6) is 1.34. The fourth-order valence-corrected chi connectivity index (χ4v) is 2.49. The van der Waals surface area contributed by atoms with Crippen LogP contribution in [0.4, 0.5) is 0 Å². The molecule has 0 aliphatic carbocycles. The molecular formula is C16H23NO2. The van der Waals surface area contributed by atoms with E-state index in [1.807, 2.05) is 30.3 Å². The van der Waals surface area contributed by atoms with E-state index in [0.29, 0.717) is 24.9 Å². The normalized spacial score (nSPS) is 21.5. The summed E-state index contributed by atoms with van der Waals surface area (Å²) in [6, 6.07) is 9.98. The van der Waals surface area contributed by atoms with Gasteiger partial charge in [-0.2, -0.15) is 0 Å². The number of benzene rings is 1. The molecule has 3 nitrogen and oxygen atoms in total. The maximum Gasteiger partial charge on any atom is 0.246 e. The van der Waals surface area contributed by atoms with Crippen LogP contribution in [0.3, 0.4) is 0 Å². The Balaban J connectivity index is 1.89. The molecule has 19 heavy (non-hydrogen) atoms. The van der Waals surface area contributed by atoms with Crippen molar-refractivity contribution in [2.75, 3.05) is 6.54 Å². The molecule has 0 bridgehead atoms. The monoisotopic (exact) mass is 261 g/mol. The Bertz CT molecular complexity index is 404. The maximum absolute atomic E-state index is 11.9. The van der Waals surface area contributed by atoms with Crippen molar-refractivity contribution in [2.45, 2.75) is 39.7 Å². The number of rotatable bonds is 5. The van der Waals surface area contributed by atoms with Gasteiger partial charge in [0.1, 0.15) is 6.61 Å². The molecule has 2 atom stereocenters. The van der Waals surface area contributed by atoms with Crippen molar-refractivity contribution in [1.29, 1.82) is 0 Å². The topological polar surface area (TPSA) is 29.5 Å². The summed E-state index contributed by atoms with van der Waals surface area (Å²) in [4.78, 5) is 17.6. The Kier molecular flexibility index (Phi) is 4.97. The van der Waals surface area contributed by atoms with Crippen molar-refractivity contribution in [3.05, 3.63) is 35.9 Å². The predicted octanol–water partition coefficient (Wildman–Crippen LogP) is 3.40. The zero-order chi connectivity index (χ0) is 13.7. The number of piperidine rings is 1. The van der Waals surface area contributed by atoms with Gasteiger partial charge >= 0.3 is 0 Å². The molecule has 1 aliphatic rings. The third-order valence-corrected chi connectivity index (χ3v) is 4.09. The van der Waals surface area contributed by atoms with Crippen molar-refractivity contribution < 1.29 is 9.63 Å². The molecule has 0 radical (unpaired) electrons. The highest BCUT2D eigenvalue weighted by Gasteiger charge is 2.29. The van der Waals surface area contributed by atoms with Gasteiger partial charge in [0.2, 0.25) is 5.91 Å². The fourth-order valence-electron chi connectivity index (χ4n) is 2.49. The Morgan fingerprint density at radius 3 is 2.79 bits per heavy atom. The molecule has 104 valence electrons. The lowest BCUT2D eigenvalue weighted by atomic mass is 9.85. The lowest BCUT2D eigenvalue weighted by molar-refractivity contribution is -0.203. The Hall–Kier alpha value is -1.35. The van der Waals surface area contributed by atoms with Crippen molar-refractivity contribution in [3.63, 3.8) is 0 Å². The van der Waals surface area contributed by atoms with Gasteiger partial charge in [-0.05, 0) is 23.8 Å². The fraction of sp³-hybridized carbons (Fsp3) is 0.562. The average molecular weight is 261 g/mol. The summed E-state index contributed by atoms with van der Waals surface area (Å²) in [6.45, 7) is 5.67.